The molecule has 1 amide bonds. The Morgan fingerprint density at radius 3 is 3.04 bits per heavy atom. The number of piperidine rings is 1. The van der Waals surface area contributed by atoms with Gasteiger partial charge in [-0.1, -0.05) is 19.1 Å². The average Bonchev–Trinajstić information content (AvgIpc) is 3.30. The number of amides is 1. The van der Waals surface area contributed by atoms with E-state index < -0.39 is 0 Å². The maximum absolute atomic E-state index is 12.9. The number of carbonyl (C=O) groups excluding carboxylic acids is 1. The van der Waals surface area contributed by atoms with Crippen LogP contribution in [0.15, 0.2) is 18.2 Å². The Labute approximate surface area is 166 Å². The molecule has 2 aliphatic heterocycles. The molecule has 1 aromatic heterocycles. The highest BCUT2D eigenvalue weighted by molar-refractivity contribution is 5.91. The van der Waals surface area contributed by atoms with E-state index in [1.54, 1.807) is 11.3 Å². The summed E-state index contributed by atoms with van der Waals surface area (Å²) >= 11 is 0. The third kappa shape index (κ3) is 2.63. The molecule has 4 atom stereocenters. The first kappa shape index (κ1) is 18.2. The summed E-state index contributed by atoms with van der Waals surface area (Å²) in [6.07, 6.45) is 5.24. The molecule has 28 heavy (non-hydrogen) atoms. The van der Waals surface area contributed by atoms with Crippen molar-refractivity contribution in [2.24, 2.45) is 5.92 Å². The molecule has 2 N–H and O–H groups in total. The lowest BCUT2D eigenvalue weighted by Gasteiger charge is -2.45. The van der Waals surface area contributed by atoms with Gasteiger partial charge in [-0.05, 0) is 56.3 Å². The normalized spacial score (nSPS) is 27.5. The van der Waals surface area contributed by atoms with Crippen LogP contribution < -0.4 is 5.32 Å². The van der Waals surface area contributed by atoms with Crippen LogP contribution >= 0.6 is 0 Å². The quantitative estimate of drug-likeness (QED) is 0.855. The summed E-state index contributed by atoms with van der Waals surface area (Å²) in [5, 5.41) is 14.0. The van der Waals surface area contributed by atoms with Crippen LogP contribution in [0.1, 0.15) is 48.9 Å². The molecule has 1 fully saturated rings. The third-order valence-electron chi connectivity index (χ3n) is 7.46. The van der Waals surface area contributed by atoms with Crippen LogP contribution in [0.5, 0.6) is 0 Å². The van der Waals surface area contributed by atoms with Gasteiger partial charge in [0, 0.05) is 41.6 Å². The lowest BCUT2D eigenvalue weighted by Crippen LogP contribution is -2.52. The van der Waals surface area contributed by atoms with Crippen LogP contribution in [0.2, 0.25) is 0 Å². The zero-order valence-electron chi connectivity index (χ0n) is 16.9. The molecule has 0 saturated carbocycles. The Kier molecular flexibility index (Phi) is 4.48. The van der Waals surface area contributed by atoms with E-state index in [9.17, 15) is 9.90 Å². The predicted octanol–water partition coefficient (Wildman–Crippen LogP) is 2.43. The lowest BCUT2D eigenvalue weighted by atomic mass is 9.71. The van der Waals surface area contributed by atoms with Crippen LogP contribution in [0.25, 0.3) is 10.9 Å². The standard InChI is InChI=1S/C23H31N3O2/c1-3-15(13-27)24-23(28)14-10-17-16-6-4-7-20-22(16)18(11-21(17)25(2)12-14)19-8-5-9-26(19)20/h4,6-7,14-15,17,21,27H,3,5,8-13H2,1-2H3,(H,24,28). The maximum atomic E-state index is 12.9. The van der Waals surface area contributed by atoms with Gasteiger partial charge >= 0.3 is 0 Å². The number of aromatic nitrogens is 1. The predicted molar refractivity (Wildman–Crippen MR) is 111 cm³/mol. The summed E-state index contributed by atoms with van der Waals surface area (Å²) < 4.78 is 2.54. The third-order valence-corrected chi connectivity index (χ3v) is 7.46. The summed E-state index contributed by atoms with van der Waals surface area (Å²) in [5.74, 6) is 0.490. The Balaban J connectivity index is 1.50. The van der Waals surface area contributed by atoms with Crippen LogP contribution in [-0.4, -0.2) is 52.8 Å². The van der Waals surface area contributed by atoms with Crippen LogP contribution in [-0.2, 0) is 24.2 Å². The van der Waals surface area contributed by atoms with Crippen molar-refractivity contribution in [3.63, 3.8) is 0 Å². The number of benzene rings is 1. The van der Waals surface area contributed by atoms with E-state index in [0.29, 0.717) is 12.0 Å². The molecule has 2 aromatic rings. The van der Waals surface area contributed by atoms with Gasteiger partial charge in [0.05, 0.1) is 18.6 Å². The number of hydrogen-bond donors (Lipinski definition) is 2. The number of rotatable bonds is 4. The minimum absolute atomic E-state index is 0.00973. The highest BCUT2D eigenvalue weighted by Crippen LogP contribution is 2.47. The molecule has 0 bridgehead atoms. The highest BCUT2D eigenvalue weighted by Gasteiger charge is 2.43. The number of likely N-dealkylation sites (N-methyl/N-ethyl adjacent to an activating group) is 1. The van der Waals surface area contributed by atoms with E-state index in [1.807, 2.05) is 6.92 Å². The fourth-order valence-corrected chi connectivity index (χ4v) is 5.99. The zero-order valence-corrected chi connectivity index (χ0v) is 16.9. The molecular formula is C23H31N3O2. The molecule has 150 valence electrons. The van der Waals surface area contributed by atoms with E-state index in [-0.39, 0.29) is 24.5 Å². The number of aliphatic hydroxyl groups excluding tert-OH is 1. The second-order valence-corrected chi connectivity index (χ2v) is 8.97. The molecule has 1 aliphatic carbocycles. The van der Waals surface area contributed by atoms with E-state index in [4.69, 9.17) is 0 Å². The monoisotopic (exact) mass is 381 g/mol. The van der Waals surface area contributed by atoms with Crippen molar-refractivity contribution < 1.29 is 9.90 Å². The SMILES string of the molecule is CCC(CO)NC(=O)C1CC2c3cccc4c3c(c3n4CCC3)CC2N(C)C1. The van der Waals surface area contributed by atoms with Crippen molar-refractivity contribution in [3.8, 4) is 0 Å². The van der Waals surface area contributed by atoms with Crippen molar-refractivity contribution >= 4 is 16.8 Å². The van der Waals surface area contributed by atoms with Crippen molar-refractivity contribution in [1.82, 2.24) is 14.8 Å². The van der Waals surface area contributed by atoms with Crippen molar-refractivity contribution in [2.45, 2.75) is 63.6 Å². The van der Waals surface area contributed by atoms with Gasteiger partial charge in [0.1, 0.15) is 0 Å². The molecule has 5 nitrogen and oxygen atoms in total. The second kappa shape index (κ2) is 6.89. The number of nitrogens with one attached hydrogen (secondary N) is 1. The molecule has 0 radical (unpaired) electrons. The molecule has 3 heterocycles. The van der Waals surface area contributed by atoms with E-state index in [1.165, 1.54) is 29.3 Å². The number of carbonyl (C=O) groups is 1. The first-order valence-corrected chi connectivity index (χ1v) is 10.9. The molecule has 0 spiro atoms. The minimum Gasteiger partial charge on any atom is -0.394 e. The largest absolute Gasteiger partial charge is 0.394 e. The highest BCUT2D eigenvalue weighted by atomic mass is 16.3. The first-order valence-electron chi connectivity index (χ1n) is 10.9. The Hall–Kier alpha value is -1.85. The maximum Gasteiger partial charge on any atom is 0.224 e. The molecule has 5 heteroatoms. The van der Waals surface area contributed by atoms with E-state index in [2.05, 4.69) is 40.0 Å². The molecule has 3 aliphatic rings. The van der Waals surface area contributed by atoms with Crippen LogP contribution in [0.4, 0.5) is 0 Å². The van der Waals surface area contributed by atoms with Gasteiger partial charge in [-0.25, -0.2) is 0 Å². The van der Waals surface area contributed by atoms with Crippen molar-refractivity contribution in [2.75, 3.05) is 20.2 Å². The van der Waals surface area contributed by atoms with Gasteiger partial charge in [0.2, 0.25) is 5.91 Å². The molecule has 1 saturated heterocycles. The fraction of sp³-hybridized carbons (Fsp3) is 0.609. The number of fused-ring (bicyclic) bond motifs is 5. The van der Waals surface area contributed by atoms with Gasteiger partial charge in [-0.15, -0.1) is 0 Å². The second-order valence-electron chi connectivity index (χ2n) is 8.97. The molecule has 5 rings (SSSR count). The van der Waals surface area contributed by atoms with E-state index >= 15 is 0 Å². The number of hydrogen-bond acceptors (Lipinski definition) is 3. The summed E-state index contributed by atoms with van der Waals surface area (Å²) in [7, 11) is 2.18. The summed E-state index contributed by atoms with van der Waals surface area (Å²) in [5.41, 5.74) is 5.98. The smallest absolute Gasteiger partial charge is 0.224 e. The molecule has 1 aromatic carbocycles. The Morgan fingerprint density at radius 1 is 1.39 bits per heavy atom. The Bertz CT molecular complexity index is 914. The number of likely N-dealkylation sites (tertiary alicyclic amines) is 1. The van der Waals surface area contributed by atoms with Gasteiger partial charge in [0.15, 0.2) is 0 Å². The van der Waals surface area contributed by atoms with Crippen molar-refractivity contribution in [3.05, 3.63) is 35.0 Å². The van der Waals surface area contributed by atoms with Crippen LogP contribution in [0.3, 0.4) is 0 Å². The Morgan fingerprint density at radius 2 is 2.25 bits per heavy atom. The van der Waals surface area contributed by atoms with E-state index in [0.717, 1.165) is 32.4 Å². The molecular weight excluding hydrogens is 350 g/mol. The number of aryl methyl sites for hydroxylation is 1. The first-order chi connectivity index (χ1) is 13.6. The topological polar surface area (TPSA) is 57.5 Å². The van der Waals surface area contributed by atoms with Crippen LogP contribution in [0, 0.1) is 5.92 Å². The number of nitrogens with zero attached hydrogens (tertiary/aromatic N) is 2. The van der Waals surface area contributed by atoms with Gasteiger partial charge in [0.25, 0.3) is 0 Å². The summed E-state index contributed by atoms with van der Waals surface area (Å²) in [4.78, 5) is 15.3. The van der Waals surface area contributed by atoms with Gasteiger partial charge < -0.3 is 19.9 Å². The van der Waals surface area contributed by atoms with Crippen molar-refractivity contribution in [1.29, 1.82) is 0 Å². The summed E-state index contributed by atoms with van der Waals surface area (Å²) in [6, 6.07) is 7.13. The zero-order chi connectivity index (χ0) is 19.4. The molecule has 4 unspecified atom stereocenters. The summed E-state index contributed by atoms with van der Waals surface area (Å²) in [6.45, 7) is 3.96. The average molecular weight is 382 g/mol. The van der Waals surface area contributed by atoms with Gasteiger partial charge in [-0.2, -0.15) is 0 Å². The minimum atomic E-state index is -0.133. The fourth-order valence-electron chi connectivity index (χ4n) is 5.99. The van der Waals surface area contributed by atoms with Gasteiger partial charge in [-0.3, -0.25) is 4.79 Å². The number of aliphatic hydroxyl groups is 1. The lowest BCUT2D eigenvalue weighted by molar-refractivity contribution is -0.128.